The molecule has 1 heterocycles. The molecule has 1 fully saturated rings. The van der Waals surface area contributed by atoms with Crippen molar-refractivity contribution in [1.29, 1.82) is 0 Å². The molecule has 0 amide bonds. The highest BCUT2D eigenvalue weighted by Crippen LogP contribution is 2.54. The van der Waals surface area contributed by atoms with Crippen molar-refractivity contribution >= 4 is 17.0 Å². The van der Waals surface area contributed by atoms with E-state index in [1.54, 1.807) is 5.57 Å². The van der Waals surface area contributed by atoms with Gasteiger partial charge in [-0.25, -0.2) is 4.98 Å². The van der Waals surface area contributed by atoms with Crippen LogP contribution in [0.4, 0.5) is 0 Å². The molecule has 34 heavy (non-hydrogen) atoms. The minimum Gasteiger partial charge on any atom is -0.458 e. The van der Waals surface area contributed by atoms with Crippen molar-refractivity contribution in [1.82, 2.24) is 14.9 Å². The molecule has 3 atom stereocenters. The fourth-order valence-corrected chi connectivity index (χ4v) is 6.31. The monoisotopic (exact) mass is 465 g/mol. The van der Waals surface area contributed by atoms with E-state index in [4.69, 9.17) is 9.72 Å². The van der Waals surface area contributed by atoms with Gasteiger partial charge in [-0.3, -0.25) is 4.79 Å². The smallest absolute Gasteiger partial charge is 0.308 e. The number of aryl methyl sites for hydroxylation is 1. The molecule has 1 saturated carbocycles. The van der Waals surface area contributed by atoms with Gasteiger partial charge in [0.25, 0.3) is 0 Å². The van der Waals surface area contributed by atoms with Crippen LogP contribution in [0.5, 0.6) is 0 Å². The average molecular weight is 466 g/mol. The summed E-state index contributed by atoms with van der Waals surface area (Å²) in [6, 6.07) is 8.21. The Kier molecular flexibility index (Phi) is 7.81. The number of carbonyl (C=O) groups excluding carboxylic acids is 1. The summed E-state index contributed by atoms with van der Waals surface area (Å²) >= 11 is 0. The van der Waals surface area contributed by atoms with Crippen LogP contribution in [0.15, 0.2) is 35.4 Å². The second-order valence-electron chi connectivity index (χ2n) is 11.0. The molecule has 1 aromatic carbocycles. The van der Waals surface area contributed by atoms with Gasteiger partial charge in [-0.15, -0.1) is 0 Å². The minimum atomic E-state index is -0.335. The molecule has 186 valence electrons. The number of ether oxygens (including phenoxy) is 1. The SMILES string of the molecule is CCCC1=C(C)C2CCC1CC2(CCN(C)CCCc1nc2ccccc2[nH]1)OC(=O)C(C)C. The van der Waals surface area contributed by atoms with Crippen LogP contribution in [0.2, 0.25) is 0 Å². The van der Waals surface area contributed by atoms with Gasteiger partial charge in [0.2, 0.25) is 0 Å². The third-order valence-corrected chi connectivity index (χ3v) is 8.16. The second-order valence-corrected chi connectivity index (χ2v) is 11.0. The maximum Gasteiger partial charge on any atom is 0.308 e. The number of nitrogens with one attached hydrogen (secondary N) is 1. The quantitative estimate of drug-likeness (QED) is 0.312. The third-order valence-electron chi connectivity index (χ3n) is 8.16. The molecule has 5 nitrogen and oxygen atoms in total. The number of carbonyl (C=O) groups is 1. The first-order valence-electron chi connectivity index (χ1n) is 13.4. The Bertz CT molecular complexity index is 990. The molecule has 0 radical (unpaired) electrons. The van der Waals surface area contributed by atoms with E-state index in [2.05, 4.69) is 42.9 Å². The number of aromatic amines is 1. The first-order valence-corrected chi connectivity index (χ1v) is 13.4. The van der Waals surface area contributed by atoms with Gasteiger partial charge >= 0.3 is 5.97 Å². The number of rotatable bonds is 11. The molecule has 2 bridgehead atoms. The number of benzene rings is 1. The molecule has 5 heteroatoms. The van der Waals surface area contributed by atoms with E-state index in [-0.39, 0.29) is 17.5 Å². The van der Waals surface area contributed by atoms with Gasteiger partial charge in [-0.05, 0) is 70.7 Å². The number of fused-ring (bicyclic) bond motifs is 3. The summed E-state index contributed by atoms with van der Waals surface area (Å²) in [5.41, 5.74) is 5.00. The zero-order chi connectivity index (χ0) is 24.3. The van der Waals surface area contributed by atoms with Crippen LogP contribution in [-0.4, -0.2) is 46.6 Å². The lowest BCUT2D eigenvalue weighted by molar-refractivity contribution is -0.178. The van der Waals surface area contributed by atoms with Crippen LogP contribution in [0.25, 0.3) is 11.0 Å². The molecular weight excluding hydrogens is 422 g/mol. The third kappa shape index (κ3) is 5.25. The van der Waals surface area contributed by atoms with Crippen molar-refractivity contribution < 1.29 is 9.53 Å². The lowest BCUT2D eigenvalue weighted by atomic mass is 9.58. The van der Waals surface area contributed by atoms with Crippen molar-refractivity contribution in [3.63, 3.8) is 0 Å². The number of esters is 1. The molecule has 1 N–H and O–H groups in total. The van der Waals surface area contributed by atoms with Gasteiger partial charge in [-0.2, -0.15) is 0 Å². The zero-order valence-corrected chi connectivity index (χ0v) is 21.8. The number of para-hydroxylation sites is 2. The molecule has 0 aliphatic heterocycles. The summed E-state index contributed by atoms with van der Waals surface area (Å²) in [5.74, 6) is 1.91. The number of nitrogens with zero attached hydrogens (tertiary/aromatic N) is 2. The summed E-state index contributed by atoms with van der Waals surface area (Å²) in [4.78, 5) is 23.3. The molecule has 3 aliphatic rings. The predicted octanol–water partition coefficient (Wildman–Crippen LogP) is 6.30. The highest BCUT2D eigenvalue weighted by atomic mass is 16.6. The molecule has 3 aliphatic carbocycles. The van der Waals surface area contributed by atoms with Crippen LogP contribution < -0.4 is 0 Å². The van der Waals surface area contributed by atoms with Crippen LogP contribution in [0.3, 0.4) is 0 Å². The Morgan fingerprint density at radius 3 is 2.74 bits per heavy atom. The first-order chi connectivity index (χ1) is 16.3. The molecule has 5 rings (SSSR count). The van der Waals surface area contributed by atoms with E-state index >= 15 is 0 Å². The molecule has 1 aromatic heterocycles. The van der Waals surface area contributed by atoms with Crippen molar-refractivity contribution in [3.05, 3.63) is 41.2 Å². The average Bonchev–Trinajstić information content (AvgIpc) is 3.23. The topological polar surface area (TPSA) is 58.2 Å². The molecule has 2 aromatic rings. The normalized spacial score (nSPS) is 24.6. The number of imidazole rings is 1. The van der Waals surface area contributed by atoms with Gasteiger partial charge in [0, 0.05) is 25.3 Å². The summed E-state index contributed by atoms with van der Waals surface area (Å²) < 4.78 is 6.41. The maximum absolute atomic E-state index is 12.8. The Morgan fingerprint density at radius 2 is 2.03 bits per heavy atom. The van der Waals surface area contributed by atoms with Gasteiger partial charge in [0.15, 0.2) is 0 Å². The standard InChI is InChI=1S/C29H43N3O2/c1-6-10-23-21(4)24-15-14-22(23)19-29(24,34-28(33)20(2)3)16-18-32(5)17-9-13-27-30-25-11-7-8-12-26(25)31-27/h7-8,11-12,20,22,24H,6,9-10,13-19H2,1-5H3,(H,30,31). The van der Waals surface area contributed by atoms with E-state index in [9.17, 15) is 4.79 Å². The van der Waals surface area contributed by atoms with Crippen LogP contribution in [0, 0.1) is 17.8 Å². The zero-order valence-electron chi connectivity index (χ0n) is 21.8. The summed E-state index contributed by atoms with van der Waals surface area (Å²) in [6.45, 7) is 10.4. The van der Waals surface area contributed by atoms with E-state index in [1.807, 2.05) is 26.0 Å². The predicted molar refractivity (Wildman–Crippen MR) is 139 cm³/mol. The lowest BCUT2D eigenvalue weighted by Gasteiger charge is -2.53. The number of hydrogen-bond donors (Lipinski definition) is 1. The van der Waals surface area contributed by atoms with Crippen molar-refractivity contribution in [2.45, 2.75) is 84.7 Å². The highest BCUT2D eigenvalue weighted by Gasteiger charge is 2.52. The lowest BCUT2D eigenvalue weighted by Crippen LogP contribution is -2.53. The van der Waals surface area contributed by atoms with E-state index in [1.165, 1.54) is 24.8 Å². The van der Waals surface area contributed by atoms with Crippen molar-refractivity contribution in [2.24, 2.45) is 17.8 Å². The molecule has 0 spiro atoms. The summed E-state index contributed by atoms with van der Waals surface area (Å²) in [5, 5.41) is 0. The van der Waals surface area contributed by atoms with Crippen LogP contribution >= 0.6 is 0 Å². The van der Waals surface area contributed by atoms with Crippen molar-refractivity contribution in [2.75, 3.05) is 20.1 Å². The number of hydrogen-bond acceptors (Lipinski definition) is 4. The Balaban J connectivity index is 1.38. The fourth-order valence-electron chi connectivity index (χ4n) is 6.31. The second kappa shape index (κ2) is 10.6. The van der Waals surface area contributed by atoms with Crippen molar-refractivity contribution in [3.8, 4) is 0 Å². The fraction of sp³-hybridized carbons (Fsp3) is 0.655. The minimum absolute atomic E-state index is 0.0371. The van der Waals surface area contributed by atoms with E-state index < -0.39 is 0 Å². The highest BCUT2D eigenvalue weighted by molar-refractivity contribution is 5.74. The van der Waals surface area contributed by atoms with Crippen LogP contribution in [0.1, 0.15) is 78.5 Å². The van der Waals surface area contributed by atoms with E-state index in [0.717, 1.165) is 62.1 Å². The molecular formula is C29H43N3O2. The number of H-pyrrole nitrogens is 1. The van der Waals surface area contributed by atoms with E-state index in [0.29, 0.717) is 11.8 Å². The molecule has 0 saturated heterocycles. The summed E-state index contributed by atoms with van der Waals surface area (Å²) in [7, 11) is 2.20. The Hall–Kier alpha value is -2.14. The first kappa shape index (κ1) is 25.0. The number of aromatic nitrogens is 2. The maximum atomic E-state index is 12.8. The largest absolute Gasteiger partial charge is 0.458 e. The van der Waals surface area contributed by atoms with Gasteiger partial charge < -0.3 is 14.6 Å². The number of allylic oxidation sites excluding steroid dienone is 1. The summed E-state index contributed by atoms with van der Waals surface area (Å²) in [6.07, 6.45) is 8.74. The van der Waals surface area contributed by atoms with Gasteiger partial charge in [-0.1, -0.05) is 50.5 Å². The van der Waals surface area contributed by atoms with Gasteiger partial charge in [0.1, 0.15) is 11.4 Å². The van der Waals surface area contributed by atoms with Crippen LogP contribution in [-0.2, 0) is 16.0 Å². The molecule has 3 unspecified atom stereocenters. The Morgan fingerprint density at radius 1 is 1.24 bits per heavy atom. The van der Waals surface area contributed by atoms with Gasteiger partial charge in [0.05, 0.1) is 17.0 Å². The Labute approximate surface area is 205 Å².